The van der Waals surface area contributed by atoms with Crippen molar-refractivity contribution in [2.24, 2.45) is 7.05 Å². The molecule has 4 aromatic heterocycles. The zero-order valence-corrected chi connectivity index (χ0v) is 26.2. The number of benzene rings is 1. The van der Waals surface area contributed by atoms with Crippen molar-refractivity contribution in [2.75, 3.05) is 39.1 Å². The molecule has 5 heterocycles. The van der Waals surface area contributed by atoms with Crippen LogP contribution < -0.4 is 11.1 Å². The van der Waals surface area contributed by atoms with Gasteiger partial charge in [-0.15, -0.1) is 0 Å². The lowest BCUT2D eigenvalue weighted by Crippen LogP contribution is -2.42. The van der Waals surface area contributed by atoms with Crippen LogP contribution in [0.5, 0.6) is 0 Å². The summed E-state index contributed by atoms with van der Waals surface area (Å²) < 4.78 is 6.93. The molecule has 0 bridgehead atoms. The lowest BCUT2D eigenvalue weighted by molar-refractivity contribution is 0.0905. The number of anilines is 1. The van der Waals surface area contributed by atoms with Gasteiger partial charge in [-0.1, -0.05) is 18.2 Å². The average Bonchev–Trinajstić information content (AvgIpc) is 3.49. The zero-order chi connectivity index (χ0) is 31.6. The van der Waals surface area contributed by atoms with E-state index in [4.69, 9.17) is 20.4 Å². The minimum absolute atomic E-state index is 0.0251. The Kier molecular flexibility index (Phi) is 8.55. The fourth-order valence-electron chi connectivity index (χ4n) is 5.87. The smallest absolute Gasteiger partial charge is 0.274 e. The molecular formula is C34H39N9O2. The van der Waals surface area contributed by atoms with Gasteiger partial charge in [0, 0.05) is 55.7 Å². The molecule has 1 aromatic carbocycles. The summed E-state index contributed by atoms with van der Waals surface area (Å²) in [5.41, 5.74) is 10.7. The summed E-state index contributed by atoms with van der Waals surface area (Å²) in [6.45, 7) is 7.60. The summed E-state index contributed by atoms with van der Waals surface area (Å²) in [5, 5.41) is 8.61. The highest BCUT2D eigenvalue weighted by Gasteiger charge is 2.30. The highest BCUT2D eigenvalue weighted by molar-refractivity contribution is 5.98. The van der Waals surface area contributed by atoms with Crippen LogP contribution in [0.25, 0.3) is 33.5 Å². The Morgan fingerprint density at radius 1 is 1.04 bits per heavy atom. The Bertz CT molecular complexity index is 1830. The van der Waals surface area contributed by atoms with Gasteiger partial charge in [0.1, 0.15) is 11.4 Å². The second-order valence-corrected chi connectivity index (χ2v) is 12.1. The molecule has 1 aliphatic heterocycles. The molecule has 1 aliphatic rings. The fourth-order valence-corrected chi connectivity index (χ4v) is 5.87. The molecule has 0 atom stereocenters. The van der Waals surface area contributed by atoms with Gasteiger partial charge in [0.25, 0.3) is 5.91 Å². The van der Waals surface area contributed by atoms with Gasteiger partial charge in [0.2, 0.25) is 0 Å². The minimum Gasteiger partial charge on any atom is -0.383 e. The number of nitrogens with zero attached hydrogens (tertiary/aromatic N) is 7. The van der Waals surface area contributed by atoms with Gasteiger partial charge in [-0.3, -0.25) is 19.4 Å². The van der Waals surface area contributed by atoms with Gasteiger partial charge in [0.15, 0.2) is 11.5 Å². The molecule has 0 radical (unpaired) electrons. The predicted octanol–water partition coefficient (Wildman–Crippen LogP) is 4.56. The van der Waals surface area contributed by atoms with Crippen molar-refractivity contribution in [3.05, 3.63) is 84.1 Å². The monoisotopic (exact) mass is 605 g/mol. The molecule has 0 unspecified atom stereocenters. The summed E-state index contributed by atoms with van der Waals surface area (Å²) in [6.07, 6.45) is 5.66. The average molecular weight is 606 g/mol. The van der Waals surface area contributed by atoms with Gasteiger partial charge >= 0.3 is 0 Å². The topological polar surface area (TPSA) is 137 Å². The van der Waals surface area contributed by atoms with Crippen LogP contribution in [-0.4, -0.2) is 73.9 Å². The van der Waals surface area contributed by atoms with Crippen LogP contribution in [0, 0.1) is 0 Å². The van der Waals surface area contributed by atoms with Gasteiger partial charge in [-0.2, -0.15) is 5.10 Å². The number of aromatic nitrogens is 6. The Labute approximate surface area is 262 Å². The molecular weight excluding hydrogens is 566 g/mol. The number of carbonyl (C=O) groups is 1. The first kappa shape index (κ1) is 30.3. The molecule has 0 saturated carbocycles. The number of aryl methyl sites for hydroxylation is 1. The van der Waals surface area contributed by atoms with Crippen molar-refractivity contribution < 1.29 is 9.53 Å². The van der Waals surface area contributed by atoms with Gasteiger partial charge in [0.05, 0.1) is 29.1 Å². The van der Waals surface area contributed by atoms with E-state index in [2.05, 4.69) is 31.3 Å². The van der Waals surface area contributed by atoms with E-state index in [1.807, 2.05) is 75.6 Å². The van der Waals surface area contributed by atoms with Gasteiger partial charge in [-0.05, 0) is 76.2 Å². The van der Waals surface area contributed by atoms with Crippen molar-refractivity contribution in [3.63, 3.8) is 0 Å². The maximum absolute atomic E-state index is 13.8. The first-order valence-corrected chi connectivity index (χ1v) is 15.3. The van der Waals surface area contributed by atoms with E-state index in [0.717, 1.165) is 66.9 Å². The first-order valence-electron chi connectivity index (χ1n) is 15.3. The number of hydrogen-bond donors (Lipinski definition) is 2. The third-order valence-corrected chi connectivity index (χ3v) is 8.43. The number of pyridine rings is 2. The first-order chi connectivity index (χ1) is 21.7. The van der Waals surface area contributed by atoms with Crippen molar-refractivity contribution >= 4 is 22.6 Å². The number of likely N-dealkylation sites (tertiary alicyclic amines) is 1. The number of ether oxygens (including phenoxy) is 1. The number of amides is 1. The standard InChI is InChI=1S/C34H39N9O2/c1-34(2,28-9-5-8-26(37-28)22-12-17-43(18-13-22)19-20-45-4)40-33(44)31-32(35)39-30(27-14-16-42(3)41-27)29(38-31)24-10-11-25-23(21-24)7-6-15-36-25/h5-11,14-16,21-22H,12-13,17-20H2,1-4H3,(H2,35,39)(H,40,44). The number of carbonyl (C=O) groups excluding carboxylic acids is 1. The normalized spacial score (nSPS) is 14.6. The number of hydrogen-bond acceptors (Lipinski definition) is 9. The van der Waals surface area contributed by atoms with E-state index in [1.54, 1.807) is 18.0 Å². The number of fused-ring (bicyclic) bond motifs is 1. The largest absolute Gasteiger partial charge is 0.383 e. The van der Waals surface area contributed by atoms with E-state index in [0.29, 0.717) is 23.0 Å². The maximum Gasteiger partial charge on any atom is 0.274 e. The number of nitrogens with one attached hydrogen (secondary N) is 1. The molecule has 0 spiro atoms. The number of methoxy groups -OCH3 is 1. The maximum atomic E-state index is 13.8. The molecule has 232 valence electrons. The molecule has 45 heavy (non-hydrogen) atoms. The summed E-state index contributed by atoms with van der Waals surface area (Å²) in [6, 6.07) is 17.6. The van der Waals surface area contributed by atoms with Crippen LogP contribution in [0.15, 0.2) is 67.0 Å². The van der Waals surface area contributed by atoms with Crippen LogP contribution in [0.4, 0.5) is 5.82 Å². The summed E-state index contributed by atoms with van der Waals surface area (Å²) in [4.78, 5) is 35.2. The molecule has 6 rings (SSSR count). The number of rotatable bonds is 9. The Balaban J connectivity index is 1.28. The number of nitrogen functional groups attached to an aromatic ring is 1. The number of piperidine rings is 1. The summed E-state index contributed by atoms with van der Waals surface area (Å²) in [5.74, 6) is -0.0346. The van der Waals surface area contributed by atoms with Crippen LogP contribution in [0.1, 0.15) is 54.5 Å². The van der Waals surface area contributed by atoms with E-state index >= 15 is 0 Å². The third kappa shape index (κ3) is 6.54. The molecule has 1 saturated heterocycles. The van der Waals surface area contributed by atoms with Crippen LogP contribution >= 0.6 is 0 Å². The van der Waals surface area contributed by atoms with E-state index in [9.17, 15) is 4.79 Å². The molecule has 1 fully saturated rings. The van der Waals surface area contributed by atoms with Gasteiger partial charge < -0.3 is 20.7 Å². The summed E-state index contributed by atoms with van der Waals surface area (Å²) in [7, 11) is 3.57. The lowest BCUT2D eigenvalue weighted by atomic mass is 9.91. The second-order valence-electron chi connectivity index (χ2n) is 12.1. The van der Waals surface area contributed by atoms with Gasteiger partial charge in [-0.25, -0.2) is 9.97 Å². The van der Waals surface area contributed by atoms with Crippen molar-refractivity contribution in [3.8, 4) is 22.6 Å². The molecule has 1 amide bonds. The SMILES string of the molecule is COCCN1CCC(c2cccc(C(C)(C)NC(=O)c3nc(-c4ccc5ncccc5c4)c(-c4ccn(C)n4)nc3N)n2)CC1. The van der Waals surface area contributed by atoms with E-state index in [-0.39, 0.29) is 11.5 Å². The summed E-state index contributed by atoms with van der Waals surface area (Å²) >= 11 is 0. The molecule has 3 N–H and O–H groups in total. The number of nitrogens with two attached hydrogens (primary N) is 1. The Morgan fingerprint density at radius 2 is 1.87 bits per heavy atom. The highest BCUT2D eigenvalue weighted by atomic mass is 16.5. The van der Waals surface area contributed by atoms with E-state index in [1.165, 1.54) is 0 Å². The van der Waals surface area contributed by atoms with Crippen molar-refractivity contribution in [1.29, 1.82) is 0 Å². The van der Waals surface area contributed by atoms with Crippen molar-refractivity contribution in [1.82, 2.24) is 39.9 Å². The Hall–Kier alpha value is -4.74. The van der Waals surface area contributed by atoms with Crippen LogP contribution in [0.2, 0.25) is 0 Å². The van der Waals surface area contributed by atoms with Crippen LogP contribution in [0.3, 0.4) is 0 Å². The molecule has 11 heteroatoms. The second kappa shape index (κ2) is 12.7. The zero-order valence-electron chi connectivity index (χ0n) is 26.2. The minimum atomic E-state index is -0.797. The Morgan fingerprint density at radius 3 is 2.62 bits per heavy atom. The predicted molar refractivity (Wildman–Crippen MR) is 174 cm³/mol. The molecule has 0 aliphatic carbocycles. The lowest BCUT2D eigenvalue weighted by Gasteiger charge is -2.32. The van der Waals surface area contributed by atoms with E-state index < -0.39 is 11.4 Å². The highest BCUT2D eigenvalue weighted by Crippen LogP contribution is 2.32. The third-order valence-electron chi connectivity index (χ3n) is 8.43. The van der Waals surface area contributed by atoms with Crippen LogP contribution in [-0.2, 0) is 17.3 Å². The van der Waals surface area contributed by atoms with Crippen molar-refractivity contribution in [2.45, 2.75) is 38.1 Å². The molecule has 5 aromatic rings. The molecule has 11 nitrogen and oxygen atoms in total. The quantitative estimate of drug-likeness (QED) is 0.248. The fraction of sp³-hybridized carbons (Fsp3) is 0.353.